The van der Waals surface area contributed by atoms with Crippen LogP contribution in [0.25, 0.3) is 5.69 Å². The average Bonchev–Trinajstić information content (AvgIpc) is 3.45. The van der Waals surface area contributed by atoms with Crippen LogP contribution in [-0.2, 0) is 4.79 Å². The van der Waals surface area contributed by atoms with E-state index in [-0.39, 0.29) is 23.6 Å². The zero-order valence-electron chi connectivity index (χ0n) is 14.8. The Hall–Kier alpha value is -4.10. The predicted octanol–water partition coefficient (Wildman–Crippen LogP) is 2.94. The second-order valence-corrected chi connectivity index (χ2v) is 6.69. The molecule has 1 amide bonds. The molecule has 2 aromatic carbocycles. The molecule has 0 radical (unpaired) electrons. The number of carbonyl (C=O) groups is 1. The van der Waals surface area contributed by atoms with E-state index >= 15 is 0 Å². The summed E-state index contributed by atoms with van der Waals surface area (Å²) in [5, 5.41) is 25.0. The van der Waals surface area contributed by atoms with Gasteiger partial charge in [0.1, 0.15) is 17.5 Å². The summed E-state index contributed by atoms with van der Waals surface area (Å²) in [5.74, 6) is 0.305. The van der Waals surface area contributed by atoms with Gasteiger partial charge in [-0.05, 0) is 54.3 Å². The molecule has 1 aliphatic carbocycles. The van der Waals surface area contributed by atoms with Crippen LogP contribution in [0.15, 0.2) is 54.7 Å². The highest BCUT2D eigenvalue weighted by atomic mass is 16.2. The Labute approximate surface area is 161 Å². The molecular formula is C21H16N6O. The minimum Gasteiger partial charge on any atom is -0.382 e. The lowest BCUT2D eigenvalue weighted by molar-refractivity contribution is -0.117. The molecule has 1 heterocycles. The van der Waals surface area contributed by atoms with Crippen molar-refractivity contribution in [1.82, 2.24) is 9.78 Å². The van der Waals surface area contributed by atoms with Crippen LogP contribution in [0.5, 0.6) is 0 Å². The van der Waals surface area contributed by atoms with E-state index in [4.69, 9.17) is 16.3 Å². The first-order valence-corrected chi connectivity index (χ1v) is 8.75. The number of aromatic nitrogens is 2. The highest BCUT2D eigenvalue weighted by Gasteiger charge is 2.44. The molecule has 0 unspecified atom stereocenters. The van der Waals surface area contributed by atoms with Gasteiger partial charge >= 0.3 is 0 Å². The molecule has 136 valence electrons. The van der Waals surface area contributed by atoms with E-state index in [1.54, 1.807) is 30.3 Å². The lowest BCUT2D eigenvalue weighted by atomic mass is 10.1. The molecule has 1 fully saturated rings. The second kappa shape index (κ2) is 6.90. The zero-order valence-corrected chi connectivity index (χ0v) is 14.8. The van der Waals surface area contributed by atoms with Crippen LogP contribution in [0.3, 0.4) is 0 Å². The van der Waals surface area contributed by atoms with Gasteiger partial charge in [0.25, 0.3) is 0 Å². The Morgan fingerprint density at radius 3 is 2.64 bits per heavy atom. The molecule has 1 aliphatic rings. The summed E-state index contributed by atoms with van der Waals surface area (Å²) in [7, 11) is 0. The third-order valence-electron chi connectivity index (χ3n) is 4.88. The Bertz CT molecular complexity index is 1130. The summed E-state index contributed by atoms with van der Waals surface area (Å²) in [6.07, 6.45) is 2.19. The topological polar surface area (TPSA) is 121 Å². The lowest BCUT2D eigenvalue weighted by Gasteiger charge is -2.08. The molecule has 0 aliphatic heterocycles. The number of hydrogen-bond donors (Lipinski definition) is 2. The molecule has 7 nitrogen and oxygen atoms in total. The van der Waals surface area contributed by atoms with E-state index in [0.717, 1.165) is 12.0 Å². The minimum atomic E-state index is -0.0893. The molecule has 0 spiro atoms. The number of hydrogen-bond acceptors (Lipinski definition) is 5. The van der Waals surface area contributed by atoms with Crippen LogP contribution >= 0.6 is 0 Å². The van der Waals surface area contributed by atoms with Crippen LogP contribution in [0.1, 0.15) is 29.0 Å². The van der Waals surface area contributed by atoms with E-state index in [0.29, 0.717) is 22.5 Å². The zero-order chi connectivity index (χ0) is 19.7. The smallest absolute Gasteiger partial charge is 0.228 e. The van der Waals surface area contributed by atoms with Crippen molar-refractivity contribution in [1.29, 1.82) is 10.5 Å². The molecule has 3 aromatic rings. The minimum absolute atomic E-state index is 0.0366. The molecule has 3 N–H and O–H groups in total. The van der Waals surface area contributed by atoms with Gasteiger partial charge in [0.05, 0.1) is 23.5 Å². The summed E-state index contributed by atoms with van der Waals surface area (Å²) in [6.45, 7) is 0. The lowest BCUT2D eigenvalue weighted by Crippen LogP contribution is -2.14. The van der Waals surface area contributed by atoms with Crippen molar-refractivity contribution in [3.63, 3.8) is 0 Å². The number of nitrogens with one attached hydrogen (secondary N) is 1. The van der Waals surface area contributed by atoms with E-state index < -0.39 is 0 Å². The van der Waals surface area contributed by atoms with E-state index in [1.165, 1.54) is 10.9 Å². The highest BCUT2D eigenvalue weighted by molar-refractivity contribution is 5.95. The maximum absolute atomic E-state index is 12.5. The number of carbonyl (C=O) groups excluding carboxylic acids is 1. The quantitative estimate of drug-likeness (QED) is 0.733. The van der Waals surface area contributed by atoms with Crippen LogP contribution in [0.2, 0.25) is 0 Å². The SMILES string of the molecule is N#Cc1cccc([C@@H]2C[C@H]2C(=O)Nc2ccc(-n3ncc(C#N)c3N)cc2)c1. The molecule has 2 atom stereocenters. The molecular weight excluding hydrogens is 352 g/mol. The van der Waals surface area contributed by atoms with Crippen LogP contribution in [0, 0.1) is 28.6 Å². The molecule has 28 heavy (non-hydrogen) atoms. The molecule has 1 saturated carbocycles. The summed E-state index contributed by atoms with van der Waals surface area (Å²) in [4.78, 5) is 12.5. The largest absolute Gasteiger partial charge is 0.382 e. The Morgan fingerprint density at radius 1 is 1.18 bits per heavy atom. The average molecular weight is 368 g/mol. The number of anilines is 2. The maximum atomic E-state index is 12.5. The third-order valence-corrected chi connectivity index (χ3v) is 4.88. The molecule has 0 saturated heterocycles. The summed E-state index contributed by atoms with van der Waals surface area (Å²) in [5.41, 5.74) is 9.22. The van der Waals surface area contributed by atoms with E-state index in [9.17, 15) is 4.79 Å². The van der Waals surface area contributed by atoms with Crippen molar-refractivity contribution >= 4 is 17.4 Å². The van der Waals surface area contributed by atoms with Gasteiger partial charge in [0.15, 0.2) is 0 Å². The molecule has 7 heteroatoms. The van der Waals surface area contributed by atoms with Gasteiger partial charge in [-0.3, -0.25) is 4.79 Å². The number of benzene rings is 2. The van der Waals surface area contributed by atoms with Gasteiger partial charge < -0.3 is 11.1 Å². The first-order valence-electron chi connectivity index (χ1n) is 8.75. The van der Waals surface area contributed by atoms with E-state index in [1.807, 2.05) is 24.3 Å². The van der Waals surface area contributed by atoms with Crippen LogP contribution in [0.4, 0.5) is 11.5 Å². The molecule has 1 aromatic heterocycles. The van der Waals surface area contributed by atoms with Gasteiger partial charge in [-0.2, -0.15) is 15.6 Å². The Balaban J connectivity index is 1.42. The number of rotatable bonds is 4. The molecule has 0 bridgehead atoms. The summed E-state index contributed by atoms with van der Waals surface area (Å²) < 4.78 is 1.48. The van der Waals surface area contributed by atoms with Crippen LogP contribution in [-0.4, -0.2) is 15.7 Å². The first-order chi connectivity index (χ1) is 13.6. The van der Waals surface area contributed by atoms with E-state index in [2.05, 4.69) is 16.5 Å². The van der Waals surface area contributed by atoms with Crippen molar-refractivity contribution in [2.45, 2.75) is 12.3 Å². The fraction of sp³-hybridized carbons (Fsp3) is 0.143. The van der Waals surface area contributed by atoms with Crippen molar-refractivity contribution in [3.8, 4) is 17.8 Å². The Morgan fingerprint density at radius 2 is 1.96 bits per heavy atom. The third kappa shape index (κ3) is 3.17. The Kier molecular flexibility index (Phi) is 4.27. The number of nitrogens with zero attached hydrogens (tertiary/aromatic N) is 4. The van der Waals surface area contributed by atoms with Crippen molar-refractivity contribution < 1.29 is 4.79 Å². The molecule has 4 rings (SSSR count). The normalized spacial score (nSPS) is 17.4. The number of amides is 1. The monoisotopic (exact) mass is 368 g/mol. The first kappa shape index (κ1) is 17.3. The predicted molar refractivity (Wildman–Crippen MR) is 103 cm³/mol. The van der Waals surface area contributed by atoms with Crippen molar-refractivity contribution in [3.05, 3.63) is 71.4 Å². The van der Waals surface area contributed by atoms with Gasteiger partial charge in [-0.15, -0.1) is 0 Å². The standard InChI is InChI=1S/C21H16N6O/c22-10-13-2-1-3-14(8-13)18-9-19(18)21(28)26-16-4-6-17(7-5-16)27-20(24)15(11-23)12-25-27/h1-8,12,18-19H,9,24H2,(H,26,28)/t18-,19+/m0/s1. The van der Waals surface area contributed by atoms with Gasteiger partial charge in [0.2, 0.25) is 5.91 Å². The van der Waals surface area contributed by atoms with Gasteiger partial charge in [0, 0.05) is 11.6 Å². The van der Waals surface area contributed by atoms with Gasteiger partial charge in [-0.25, -0.2) is 4.68 Å². The van der Waals surface area contributed by atoms with Crippen LogP contribution < -0.4 is 11.1 Å². The van der Waals surface area contributed by atoms with Crippen molar-refractivity contribution in [2.24, 2.45) is 5.92 Å². The second-order valence-electron chi connectivity index (χ2n) is 6.69. The van der Waals surface area contributed by atoms with Crippen molar-refractivity contribution in [2.75, 3.05) is 11.1 Å². The fourth-order valence-corrected chi connectivity index (χ4v) is 3.26. The fourth-order valence-electron chi connectivity index (χ4n) is 3.26. The van der Waals surface area contributed by atoms with Gasteiger partial charge in [-0.1, -0.05) is 12.1 Å². The number of nitrogens with two attached hydrogens (primary N) is 1. The number of nitriles is 2. The summed E-state index contributed by atoms with van der Waals surface area (Å²) in [6, 6.07) is 18.6. The summed E-state index contributed by atoms with van der Waals surface area (Å²) >= 11 is 0. The number of nitrogen functional groups attached to an aromatic ring is 1. The highest BCUT2D eigenvalue weighted by Crippen LogP contribution is 2.48. The maximum Gasteiger partial charge on any atom is 0.228 e.